The minimum atomic E-state index is 0.417. The molecule has 0 saturated heterocycles. The second-order valence-corrected chi connectivity index (χ2v) is 5.37. The van der Waals surface area contributed by atoms with Crippen molar-refractivity contribution in [2.45, 2.75) is 13.0 Å². The monoisotopic (exact) mass is 340 g/mol. The molecule has 1 aromatic carbocycles. The Morgan fingerprint density at radius 2 is 2.11 bits per heavy atom. The molecule has 0 fully saturated rings. The number of aromatic nitrogens is 1. The summed E-state index contributed by atoms with van der Waals surface area (Å²) in [7, 11) is 0. The lowest BCUT2D eigenvalue weighted by atomic mass is 10.1. The van der Waals surface area contributed by atoms with E-state index in [1.54, 1.807) is 12.4 Å². The second-order valence-electron chi connectivity index (χ2n) is 4.05. The molecule has 0 radical (unpaired) electrons. The highest BCUT2D eigenvalue weighted by Crippen LogP contribution is 2.25. The molecule has 0 bridgehead atoms. The largest absolute Gasteiger partial charge is 0.489 e. The van der Waals surface area contributed by atoms with Gasteiger partial charge in [-0.2, -0.15) is 0 Å². The number of pyridine rings is 1. The van der Waals surface area contributed by atoms with Crippen molar-refractivity contribution in [3.05, 3.63) is 57.3 Å². The highest BCUT2D eigenvalue weighted by Gasteiger charge is 2.06. The molecule has 0 saturated carbocycles. The predicted octanol–water partition coefficient (Wildman–Crippen LogP) is 3.58. The van der Waals surface area contributed by atoms with E-state index in [0.717, 1.165) is 27.8 Å². The maximum atomic E-state index is 6.05. The molecular weight excluding hydrogens is 328 g/mol. The first-order valence-corrected chi connectivity index (χ1v) is 7.07. The van der Waals surface area contributed by atoms with E-state index in [4.69, 9.17) is 22.1 Å². The summed E-state index contributed by atoms with van der Waals surface area (Å²) in [4.78, 5) is 3.95. The quantitative estimate of drug-likeness (QED) is 0.904. The van der Waals surface area contributed by atoms with Crippen LogP contribution in [-0.2, 0) is 13.0 Å². The van der Waals surface area contributed by atoms with Crippen molar-refractivity contribution < 1.29 is 4.74 Å². The van der Waals surface area contributed by atoms with E-state index in [-0.39, 0.29) is 0 Å². The molecule has 1 heterocycles. The number of halogens is 2. The third kappa shape index (κ3) is 3.93. The fourth-order valence-corrected chi connectivity index (χ4v) is 2.30. The third-order valence-corrected chi connectivity index (χ3v) is 3.51. The van der Waals surface area contributed by atoms with Crippen molar-refractivity contribution in [3.8, 4) is 5.75 Å². The van der Waals surface area contributed by atoms with E-state index in [1.165, 1.54) is 0 Å². The molecule has 0 aliphatic carbocycles. The molecule has 2 rings (SSSR count). The molecule has 1 aromatic heterocycles. The van der Waals surface area contributed by atoms with E-state index >= 15 is 0 Å². The Kier molecular flexibility index (Phi) is 5.19. The maximum Gasteiger partial charge on any atom is 0.123 e. The van der Waals surface area contributed by atoms with Gasteiger partial charge in [0, 0.05) is 22.4 Å². The number of ether oxygens (including phenoxy) is 1. The zero-order chi connectivity index (χ0) is 13.7. The predicted molar refractivity (Wildman–Crippen MR) is 80.5 cm³/mol. The first-order chi connectivity index (χ1) is 9.20. The van der Waals surface area contributed by atoms with Gasteiger partial charge in [-0.3, -0.25) is 4.98 Å². The Hall–Kier alpha value is -1.10. The molecule has 100 valence electrons. The molecule has 0 atom stereocenters. The van der Waals surface area contributed by atoms with Gasteiger partial charge >= 0.3 is 0 Å². The Bertz CT molecular complexity index is 563. The van der Waals surface area contributed by atoms with Gasteiger partial charge in [-0.05, 0) is 42.8 Å². The Balaban J connectivity index is 2.13. The number of hydrogen-bond acceptors (Lipinski definition) is 3. The van der Waals surface area contributed by atoms with Gasteiger partial charge in [0.2, 0.25) is 0 Å². The summed E-state index contributed by atoms with van der Waals surface area (Å²) in [5.74, 6) is 0.835. The van der Waals surface area contributed by atoms with Crippen LogP contribution in [0.5, 0.6) is 5.75 Å². The Morgan fingerprint density at radius 1 is 1.26 bits per heavy atom. The lowest BCUT2D eigenvalue weighted by molar-refractivity contribution is 0.303. The maximum absolute atomic E-state index is 6.05. The van der Waals surface area contributed by atoms with Crippen molar-refractivity contribution in [3.63, 3.8) is 0 Å². The van der Waals surface area contributed by atoms with E-state index in [0.29, 0.717) is 18.2 Å². The fourth-order valence-electron chi connectivity index (χ4n) is 1.72. The van der Waals surface area contributed by atoms with Crippen LogP contribution in [0.1, 0.15) is 11.1 Å². The van der Waals surface area contributed by atoms with Crippen LogP contribution in [0.25, 0.3) is 0 Å². The molecule has 5 heteroatoms. The van der Waals surface area contributed by atoms with Crippen LogP contribution in [0, 0.1) is 0 Å². The van der Waals surface area contributed by atoms with Crippen molar-refractivity contribution in [2.24, 2.45) is 5.73 Å². The van der Waals surface area contributed by atoms with Gasteiger partial charge in [-0.1, -0.05) is 27.5 Å². The lowest BCUT2D eigenvalue weighted by Gasteiger charge is -2.12. The van der Waals surface area contributed by atoms with Crippen LogP contribution in [0.3, 0.4) is 0 Å². The smallest absolute Gasteiger partial charge is 0.123 e. The van der Waals surface area contributed by atoms with Crippen LogP contribution in [0.2, 0.25) is 5.02 Å². The van der Waals surface area contributed by atoms with Gasteiger partial charge in [0.05, 0.1) is 5.02 Å². The van der Waals surface area contributed by atoms with E-state index < -0.39 is 0 Å². The summed E-state index contributed by atoms with van der Waals surface area (Å²) in [5, 5.41) is 0.611. The van der Waals surface area contributed by atoms with Crippen molar-refractivity contribution >= 4 is 27.5 Å². The molecular formula is C14H14BrClN2O. The van der Waals surface area contributed by atoms with Crippen molar-refractivity contribution in [1.29, 1.82) is 0 Å². The zero-order valence-electron chi connectivity index (χ0n) is 10.3. The molecule has 19 heavy (non-hydrogen) atoms. The first-order valence-electron chi connectivity index (χ1n) is 5.90. The lowest BCUT2D eigenvalue weighted by Crippen LogP contribution is -2.05. The van der Waals surface area contributed by atoms with Crippen LogP contribution in [0.15, 0.2) is 41.1 Å². The van der Waals surface area contributed by atoms with E-state index in [9.17, 15) is 0 Å². The topological polar surface area (TPSA) is 48.1 Å². The van der Waals surface area contributed by atoms with E-state index in [2.05, 4.69) is 20.9 Å². The van der Waals surface area contributed by atoms with Gasteiger partial charge in [0.25, 0.3) is 0 Å². The van der Waals surface area contributed by atoms with Crippen molar-refractivity contribution in [1.82, 2.24) is 4.98 Å². The molecule has 0 unspecified atom stereocenters. The molecule has 3 nitrogen and oxygen atoms in total. The number of benzene rings is 1. The van der Waals surface area contributed by atoms with Crippen LogP contribution >= 0.6 is 27.5 Å². The standard InChI is InChI=1S/C14H14BrClN2O/c15-12-1-2-14(10(7-12)3-5-17)19-9-11-4-6-18-8-13(11)16/h1-2,4,6-8H,3,5,9,17H2. The summed E-state index contributed by atoms with van der Waals surface area (Å²) in [6, 6.07) is 7.76. The Morgan fingerprint density at radius 3 is 2.84 bits per heavy atom. The zero-order valence-corrected chi connectivity index (χ0v) is 12.6. The summed E-state index contributed by atoms with van der Waals surface area (Å²) in [5.41, 5.74) is 7.61. The Labute approximate surface area is 125 Å². The average Bonchev–Trinajstić information content (AvgIpc) is 2.40. The molecule has 0 aliphatic heterocycles. The molecule has 0 amide bonds. The number of hydrogen-bond donors (Lipinski definition) is 1. The van der Waals surface area contributed by atoms with Crippen LogP contribution < -0.4 is 10.5 Å². The van der Waals surface area contributed by atoms with Gasteiger partial charge in [0.1, 0.15) is 12.4 Å². The number of rotatable bonds is 5. The third-order valence-electron chi connectivity index (χ3n) is 2.68. The minimum absolute atomic E-state index is 0.417. The normalized spacial score (nSPS) is 10.5. The second kappa shape index (κ2) is 6.89. The van der Waals surface area contributed by atoms with Crippen LogP contribution in [0.4, 0.5) is 0 Å². The van der Waals surface area contributed by atoms with Gasteiger partial charge in [-0.15, -0.1) is 0 Å². The average molecular weight is 342 g/mol. The van der Waals surface area contributed by atoms with Crippen molar-refractivity contribution in [2.75, 3.05) is 6.54 Å². The first kappa shape index (κ1) is 14.3. The minimum Gasteiger partial charge on any atom is -0.489 e. The highest BCUT2D eigenvalue weighted by atomic mass is 79.9. The molecule has 0 spiro atoms. The fraction of sp³-hybridized carbons (Fsp3) is 0.214. The summed E-state index contributed by atoms with van der Waals surface area (Å²) in [6.45, 7) is 1.00. The highest BCUT2D eigenvalue weighted by molar-refractivity contribution is 9.10. The SMILES string of the molecule is NCCc1cc(Br)ccc1OCc1ccncc1Cl. The molecule has 2 aromatic rings. The summed E-state index contributed by atoms with van der Waals surface area (Å²) >= 11 is 9.49. The summed E-state index contributed by atoms with van der Waals surface area (Å²) in [6.07, 6.45) is 4.09. The number of nitrogens with two attached hydrogens (primary N) is 1. The van der Waals surface area contributed by atoms with Crippen LogP contribution in [-0.4, -0.2) is 11.5 Å². The van der Waals surface area contributed by atoms with E-state index in [1.807, 2.05) is 24.3 Å². The van der Waals surface area contributed by atoms with Gasteiger partial charge in [0.15, 0.2) is 0 Å². The molecule has 2 N–H and O–H groups in total. The number of nitrogens with zero attached hydrogens (tertiary/aromatic N) is 1. The summed E-state index contributed by atoms with van der Waals surface area (Å²) < 4.78 is 6.84. The van der Waals surface area contributed by atoms with Gasteiger partial charge in [-0.25, -0.2) is 0 Å². The molecule has 0 aliphatic rings. The van der Waals surface area contributed by atoms with Gasteiger partial charge < -0.3 is 10.5 Å².